The fourth-order valence-corrected chi connectivity index (χ4v) is 7.01. The number of ether oxygens (including phenoxy) is 1. The van der Waals surface area contributed by atoms with Gasteiger partial charge >= 0.3 is 0 Å². The largest absolute Gasteiger partial charge is 0.394 e. The Bertz CT molecular complexity index is 1140. The molecule has 3 amide bonds. The number of hydrogen-bond acceptors (Lipinski definition) is 5. The number of carbonyl (C=O) groups excluding carboxylic acids is 3. The lowest BCUT2D eigenvalue weighted by Gasteiger charge is -2.40. The third-order valence-corrected chi connectivity index (χ3v) is 8.85. The van der Waals surface area contributed by atoms with E-state index in [0.717, 1.165) is 0 Å². The molecular weight excluding hydrogens is 506 g/mol. The molecule has 1 spiro atoms. The monoisotopic (exact) mass is 543 g/mol. The van der Waals surface area contributed by atoms with Crippen LogP contribution in [0.1, 0.15) is 33.6 Å². The topological polar surface area (TPSA) is 90.4 Å². The van der Waals surface area contributed by atoms with Crippen LogP contribution in [0.25, 0.3) is 0 Å². The first-order valence-electron chi connectivity index (χ1n) is 13.1. The minimum absolute atomic E-state index is 0.145. The minimum atomic E-state index is -1.21. The highest BCUT2D eigenvalue weighted by molar-refractivity contribution is 6.34. The maximum Gasteiger partial charge on any atom is 0.253 e. The summed E-state index contributed by atoms with van der Waals surface area (Å²) in [4.78, 5) is 47.2. The van der Waals surface area contributed by atoms with Gasteiger partial charge in [0.2, 0.25) is 11.8 Å². The van der Waals surface area contributed by atoms with Gasteiger partial charge in [0.1, 0.15) is 11.6 Å². The van der Waals surface area contributed by atoms with Crippen molar-refractivity contribution in [1.29, 1.82) is 0 Å². The second-order valence-corrected chi connectivity index (χ2v) is 11.6. The standard InChI is InChI=1S/C29H38ClN3O5/c1-7-15-31(6)25(35)22-23-26(36)33(21(17-34)18(3)4)24(29(23)14-13-28(22,5)38-29)27(37)32(16-8-2)20-12-10-9-11-19(20)30/h7-12,18,21-24,34H,1-2,13-17H2,3-6H3/t21-,22-,23-,24?,28+,29?/m0/s1. The van der Waals surface area contributed by atoms with Crippen LogP contribution in [0.15, 0.2) is 49.6 Å². The highest BCUT2D eigenvalue weighted by Crippen LogP contribution is 2.64. The van der Waals surface area contributed by atoms with Gasteiger partial charge in [-0.15, -0.1) is 13.2 Å². The van der Waals surface area contributed by atoms with E-state index in [1.165, 1.54) is 9.80 Å². The Morgan fingerprint density at radius 3 is 2.45 bits per heavy atom. The molecule has 38 heavy (non-hydrogen) atoms. The summed E-state index contributed by atoms with van der Waals surface area (Å²) in [5.41, 5.74) is -1.60. The molecule has 0 saturated carbocycles. The smallest absolute Gasteiger partial charge is 0.253 e. The normalized spacial score (nSPS) is 30.3. The van der Waals surface area contributed by atoms with Crippen molar-refractivity contribution in [3.05, 3.63) is 54.6 Å². The number of anilines is 1. The summed E-state index contributed by atoms with van der Waals surface area (Å²) in [6, 6.07) is 5.34. The first kappa shape index (κ1) is 28.3. The van der Waals surface area contributed by atoms with E-state index in [9.17, 15) is 19.5 Å². The van der Waals surface area contributed by atoms with Crippen molar-refractivity contribution in [2.75, 3.05) is 31.6 Å². The Hall–Kier alpha value is -2.68. The molecule has 8 nitrogen and oxygen atoms in total. The minimum Gasteiger partial charge on any atom is -0.394 e. The zero-order chi connectivity index (χ0) is 28.0. The molecule has 9 heteroatoms. The van der Waals surface area contributed by atoms with Crippen molar-refractivity contribution in [2.24, 2.45) is 17.8 Å². The molecule has 0 aromatic heterocycles. The zero-order valence-electron chi connectivity index (χ0n) is 22.6. The summed E-state index contributed by atoms with van der Waals surface area (Å²) < 4.78 is 6.71. The van der Waals surface area contributed by atoms with Crippen LogP contribution in [-0.2, 0) is 19.1 Å². The number of aliphatic hydroxyl groups excluding tert-OH is 1. The molecule has 2 bridgehead atoms. The summed E-state index contributed by atoms with van der Waals surface area (Å²) in [6.07, 6.45) is 4.22. The first-order chi connectivity index (χ1) is 18.0. The van der Waals surface area contributed by atoms with Crippen LogP contribution in [-0.4, -0.2) is 82.7 Å². The van der Waals surface area contributed by atoms with Crippen molar-refractivity contribution < 1.29 is 24.2 Å². The van der Waals surface area contributed by atoms with Crippen LogP contribution < -0.4 is 4.90 Å². The van der Waals surface area contributed by atoms with E-state index < -0.39 is 35.1 Å². The highest BCUT2D eigenvalue weighted by atomic mass is 35.5. The van der Waals surface area contributed by atoms with Gasteiger partial charge in [-0.05, 0) is 37.8 Å². The average Bonchev–Trinajstić information content (AvgIpc) is 3.44. The Morgan fingerprint density at radius 2 is 1.87 bits per heavy atom. The summed E-state index contributed by atoms with van der Waals surface area (Å²) in [6.45, 7) is 13.4. The van der Waals surface area contributed by atoms with E-state index in [0.29, 0.717) is 30.1 Å². The molecule has 206 valence electrons. The molecule has 6 atom stereocenters. The fraction of sp³-hybridized carbons (Fsp3) is 0.552. The van der Waals surface area contributed by atoms with Crippen LogP contribution in [0, 0.1) is 17.8 Å². The fourth-order valence-electron chi connectivity index (χ4n) is 6.77. The van der Waals surface area contributed by atoms with Crippen molar-refractivity contribution in [3.8, 4) is 0 Å². The number of likely N-dealkylation sites (tertiary alicyclic amines) is 1. The Labute approximate surface area is 229 Å². The predicted octanol–water partition coefficient (Wildman–Crippen LogP) is 3.29. The average molecular weight is 544 g/mol. The van der Waals surface area contributed by atoms with E-state index in [4.69, 9.17) is 16.3 Å². The third-order valence-electron chi connectivity index (χ3n) is 8.53. The molecule has 0 aliphatic carbocycles. The molecule has 3 heterocycles. The number of carbonyl (C=O) groups is 3. The summed E-state index contributed by atoms with van der Waals surface area (Å²) in [7, 11) is 1.68. The van der Waals surface area contributed by atoms with Gasteiger partial charge in [-0.2, -0.15) is 0 Å². The number of halogens is 1. The molecule has 1 aromatic carbocycles. The molecule has 2 unspecified atom stereocenters. The molecular formula is C29H38ClN3O5. The lowest BCUT2D eigenvalue weighted by atomic mass is 9.66. The molecule has 3 saturated heterocycles. The van der Waals surface area contributed by atoms with Crippen LogP contribution in [0.3, 0.4) is 0 Å². The van der Waals surface area contributed by atoms with Crippen LogP contribution in [0.2, 0.25) is 5.02 Å². The molecule has 1 N–H and O–H groups in total. The van der Waals surface area contributed by atoms with E-state index in [-0.39, 0.29) is 36.8 Å². The Kier molecular flexibility index (Phi) is 7.81. The van der Waals surface area contributed by atoms with Gasteiger partial charge < -0.3 is 24.5 Å². The second kappa shape index (κ2) is 10.5. The number of hydrogen-bond donors (Lipinski definition) is 1. The number of rotatable bonds is 10. The van der Waals surface area contributed by atoms with Gasteiger partial charge in [-0.25, -0.2) is 0 Å². The van der Waals surface area contributed by atoms with E-state index in [2.05, 4.69) is 13.2 Å². The molecule has 1 aromatic rings. The molecule has 3 aliphatic heterocycles. The predicted molar refractivity (Wildman–Crippen MR) is 147 cm³/mol. The number of fused-ring (bicyclic) bond motifs is 1. The maximum atomic E-state index is 14.6. The molecule has 0 radical (unpaired) electrons. The summed E-state index contributed by atoms with van der Waals surface area (Å²) in [5.74, 6) is -2.66. The SMILES string of the molecule is C=CCN(C)C(=O)[C@@H]1[C@H]2C(=O)N([C@@H](CO)C(C)C)C(C(=O)N(CC=C)c3ccccc3Cl)C23CC[C@@]1(C)O3. The summed E-state index contributed by atoms with van der Waals surface area (Å²) in [5, 5.41) is 10.8. The van der Waals surface area contributed by atoms with Gasteiger partial charge in [0.25, 0.3) is 5.91 Å². The van der Waals surface area contributed by atoms with Crippen molar-refractivity contribution in [1.82, 2.24) is 9.80 Å². The number of benzene rings is 1. The zero-order valence-corrected chi connectivity index (χ0v) is 23.4. The van der Waals surface area contributed by atoms with E-state index in [1.807, 2.05) is 20.8 Å². The lowest BCUT2D eigenvalue weighted by Crippen LogP contribution is -2.60. The first-order valence-corrected chi connectivity index (χ1v) is 13.5. The molecule has 3 aliphatic rings. The number of nitrogens with zero attached hydrogens (tertiary/aromatic N) is 3. The second-order valence-electron chi connectivity index (χ2n) is 11.2. The van der Waals surface area contributed by atoms with Crippen LogP contribution >= 0.6 is 11.6 Å². The van der Waals surface area contributed by atoms with Gasteiger partial charge in [0.15, 0.2) is 0 Å². The van der Waals surface area contributed by atoms with Crippen molar-refractivity contribution in [3.63, 3.8) is 0 Å². The number of aliphatic hydroxyl groups is 1. The van der Waals surface area contributed by atoms with Crippen molar-refractivity contribution in [2.45, 2.75) is 56.9 Å². The number of para-hydroxylation sites is 1. The quantitative estimate of drug-likeness (QED) is 0.457. The number of likely N-dealkylation sites (N-methyl/N-ethyl adjacent to an activating group) is 1. The van der Waals surface area contributed by atoms with Gasteiger partial charge in [0, 0.05) is 20.1 Å². The van der Waals surface area contributed by atoms with Gasteiger partial charge in [0.05, 0.1) is 40.8 Å². The van der Waals surface area contributed by atoms with E-state index in [1.54, 1.807) is 48.4 Å². The lowest BCUT2D eigenvalue weighted by molar-refractivity contribution is -0.152. The maximum absolute atomic E-state index is 14.6. The van der Waals surface area contributed by atoms with Crippen LogP contribution in [0.5, 0.6) is 0 Å². The van der Waals surface area contributed by atoms with Crippen LogP contribution in [0.4, 0.5) is 5.69 Å². The number of amides is 3. The van der Waals surface area contributed by atoms with E-state index >= 15 is 0 Å². The Morgan fingerprint density at radius 1 is 1.21 bits per heavy atom. The van der Waals surface area contributed by atoms with Gasteiger partial charge in [-0.3, -0.25) is 14.4 Å². The highest BCUT2D eigenvalue weighted by Gasteiger charge is 2.79. The van der Waals surface area contributed by atoms with Gasteiger partial charge in [-0.1, -0.05) is 49.7 Å². The molecule has 4 rings (SSSR count). The molecule has 3 fully saturated rings. The Balaban J connectivity index is 1.88. The van der Waals surface area contributed by atoms with Crippen molar-refractivity contribution >= 4 is 35.0 Å². The third kappa shape index (κ3) is 4.17. The summed E-state index contributed by atoms with van der Waals surface area (Å²) >= 11 is 6.51.